The minimum atomic E-state index is 0.277. The van der Waals surface area contributed by atoms with E-state index in [9.17, 15) is 0 Å². The van der Waals surface area contributed by atoms with Crippen LogP contribution in [0.15, 0.2) is 30.3 Å². The second-order valence-corrected chi connectivity index (χ2v) is 4.41. The van der Waals surface area contributed by atoms with Crippen molar-refractivity contribution in [2.75, 3.05) is 27.3 Å². The summed E-state index contributed by atoms with van der Waals surface area (Å²) < 4.78 is 5.37. The average molecular weight is 205 g/mol. The Kier molecular flexibility index (Phi) is 3.08. The minimum absolute atomic E-state index is 0.277. The van der Waals surface area contributed by atoms with Crippen LogP contribution in [-0.4, -0.2) is 27.3 Å². The maximum Gasteiger partial charge on any atom is 0.0562 e. The maximum absolute atomic E-state index is 5.37. The number of benzene rings is 1. The summed E-state index contributed by atoms with van der Waals surface area (Å²) in [5.41, 5.74) is 1.70. The van der Waals surface area contributed by atoms with Gasteiger partial charge in [-0.3, -0.25) is 0 Å². The van der Waals surface area contributed by atoms with Crippen LogP contribution in [-0.2, 0) is 10.2 Å². The third-order valence-electron chi connectivity index (χ3n) is 3.43. The number of rotatable bonds is 5. The van der Waals surface area contributed by atoms with Crippen molar-refractivity contribution < 1.29 is 4.74 Å². The zero-order valence-corrected chi connectivity index (χ0v) is 9.49. The van der Waals surface area contributed by atoms with E-state index < -0.39 is 0 Å². The molecule has 1 aromatic carbocycles. The second-order valence-electron chi connectivity index (χ2n) is 4.41. The van der Waals surface area contributed by atoms with Crippen molar-refractivity contribution in [3.63, 3.8) is 0 Å². The van der Waals surface area contributed by atoms with Gasteiger partial charge in [0.2, 0.25) is 0 Å². The van der Waals surface area contributed by atoms with Crippen molar-refractivity contribution in [3.8, 4) is 0 Å². The van der Waals surface area contributed by atoms with E-state index in [1.165, 1.54) is 12.0 Å². The van der Waals surface area contributed by atoms with E-state index in [0.29, 0.717) is 0 Å². The van der Waals surface area contributed by atoms with Gasteiger partial charge in [0.1, 0.15) is 0 Å². The van der Waals surface area contributed by atoms with E-state index in [2.05, 4.69) is 35.6 Å². The topological polar surface area (TPSA) is 21.3 Å². The van der Waals surface area contributed by atoms with Gasteiger partial charge >= 0.3 is 0 Å². The molecular formula is C13H19NO. The van der Waals surface area contributed by atoms with Gasteiger partial charge in [0, 0.05) is 12.5 Å². The molecule has 1 N–H and O–H groups in total. The van der Waals surface area contributed by atoms with E-state index in [1.54, 1.807) is 7.11 Å². The molecule has 2 unspecified atom stereocenters. The fraction of sp³-hybridized carbons (Fsp3) is 0.538. The molecule has 0 aliphatic heterocycles. The molecule has 0 heterocycles. The molecule has 2 heteroatoms. The van der Waals surface area contributed by atoms with Crippen molar-refractivity contribution in [1.82, 2.24) is 5.32 Å². The van der Waals surface area contributed by atoms with Crippen molar-refractivity contribution >= 4 is 0 Å². The monoisotopic (exact) mass is 205 g/mol. The van der Waals surface area contributed by atoms with E-state index in [0.717, 1.165) is 19.1 Å². The van der Waals surface area contributed by atoms with Crippen molar-refractivity contribution in [1.29, 1.82) is 0 Å². The van der Waals surface area contributed by atoms with Crippen LogP contribution in [0.5, 0.6) is 0 Å². The van der Waals surface area contributed by atoms with Gasteiger partial charge in [-0.15, -0.1) is 0 Å². The molecule has 2 nitrogen and oxygen atoms in total. The Morgan fingerprint density at radius 2 is 2.13 bits per heavy atom. The first-order valence-electron chi connectivity index (χ1n) is 5.52. The summed E-state index contributed by atoms with van der Waals surface area (Å²) in [5.74, 6) is 0.727. The summed E-state index contributed by atoms with van der Waals surface area (Å²) in [6.07, 6.45) is 1.24. The molecule has 0 amide bonds. The molecule has 2 atom stereocenters. The molecule has 0 radical (unpaired) electrons. The first kappa shape index (κ1) is 10.7. The largest absolute Gasteiger partial charge is 0.384 e. The molecule has 1 saturated carbocycles. The summed E-state index contributed by atoms with van der Waals surface area (Å²) >= 11 is 0. The van der Waals surface area contributed by atoms with Gasteiger partial charge in [-0.25, -0.2) is 0 Å². The molecule has 15 heavy (non-hydrogen) atoms. The Balaban J connectivity index is 2.16. The molecule has 1 fully saturated rings. The van der Waals surface area contributed by atoms with Crippen molar-refractivity contribution in [2.24, 2.45) is 5.92 Å². The zero-order chi connectivity index (χ0) is 10.7. The SMILES string of the molecule is CNCC1CC1(COC)c1ccccc1. The standard InChI is InChI=1S/C13H19NO/c1-14-9-12-8-13(12,10-15-2)11-6-4-3-5-7-11/h3-7,12,14H,8-10H2,1-2H3. The molecule has 1 aliphatic carbocycles. The molecule has 1 aliphatic rings. The van der Waals surface area contributed by atoms with E-state index in [-0.39, 0.29) is 5.41 Å². The summed E-state index contributed by atoms with van der Waals surface area (Å²) in [6.45, 7) is 1.92. The average Bonchev–Trinajstić information content (AvgIpc) is 2.95. The molecule has 2 rings (SSSR count). The van der Waals surface area contributed by atoms with Gasteiger partial charge in [-0.05, 0) is 31.5 Å². The Morgan fingerprint density at radius 1 is 1.40 bits per heavy atom. The highest BCUT2D eigenvalue weighted by Crippen LogP contribution is 2.53. The lowest BCUT2D eigenvalue weighted by Crippen LogP contribution is -2.22. The van der Waals surface area contributed by atoms with Gasteiger partial charge in [0.15, 0.2) is 0 Å². The van der Waals surface area contributed by atoms with Gasteiger partial charge in [-0.1, -0.05) is 30.3 Å². The van der Waals surface area contributed by atoms with E-state index >= 15 is 0 Å². The maximum atomic E-state index is 5.37. The molecule has 0 aromatic heterocycles. The van der Waals surface area contributed by atoms with Gasteiger partial charge < -0.3 is 10.1 Å². The normalized spacial score (nSPS) is 29.1. The third kappa shape index (κ3) is 1.92. The Morgan fingerprint density at radius 3 is 2.73 bits per heavy atom. The highest BCUT2D eigenvalue weighted by Gasteiger charge is 2.54. The van der Waals surface area contributed by atoms with Crippen LogP contribution >= 0.6 is 0 Å². The summed E-state index contributed by atoms with van der Waals surface area (Å²) in [6, 6.07) is 10.7. The summed E-state index contributed by atoms with van der Waals surface area (Å²) in [5, 5.41) is 3.26. The van der Waals surface area contributed by atoms with Crippen LogP contribution in [0.1, 0.15) is 12.0 Å². The zero-order valence-electron chi connectivity index (χ0n) is 9.49. The van der Waals surface area contributed by atoms with E-state index in [4.69, 9.17) is 4.74 Å². The molecule has 0 bridgehead atoms. The van der Waals surface area contributed by atoms with Crippen LogP contribution in [0.2, 0.25) is 0 Å². The smallest absolute Gasteiger partial charge is 0.0562 e. The molecule has 1 aromatic rings. The van der Waals surface area contributed by atoms with Crippen LogP contribution in [0.3, 0.4) is 0 Å². The molecular weight excluding hydrogens is 186 g/mol. The quantitative estimate of drug-likeness (QED) is 0.791. The summed E-state index contributed by atoms with van der Waals surface area (Å²) in [4.78, 5) is 0. The molecule has 0 spiro atoms. The molecule has 0 saturated heterocycles. The number of methoxy groups -OCH3 is 1. The highest BCUT2D eigenvalue weighted by atomic mass is 16.5. The van der Waals surface area contributed by atoms with Crippen molar-refractivity contribution in [3.05, 3.63) is 35.9 Å². The number of hydrogen-bond donors (Lipinski definition) is 1. The predicted molar refractivity (Wildman–Crippen MR) is 62.0 cm³/mol. The highest BCUT2D eigenvalue weighted by molar-refractivity contribution is 5.34. The van der Waals surface area contributed by atoms with Crippen LogP contribution in [0, 0.1) is 5.92 Å². The lowest BCUT2D eigenvalue weighted by molar-refractivity contribution is 0.165. The third-order valence-corrected chi connectivity index (χ3v) is 3.43. The minimum Gasteiger partial charge on any atom is -0.384 e. The predicted octanol–water partition coefficient (Wildman–Crippen LogP) is 1.81. The summed E-state index contributed by atoms with van der Waals surface area (Å²) in [7, 11) is 3.81. The van der Waals surface area contributed by atoms with Gasteiger partial charge in [0.25, 0.3) is 0 Å². The molecule has 82 valence electrons. The van der Waals surface area contributed by atoms with Crippen molar-refractivity contribution in [2.45, 2.75) is 11.8 Å². The number of hydrogen-bond acceptors (Lipinski definition) is 2. The Hall–Kier alpha value is -0.860. The lowest BCUT2D eigenvalue weighted by atomic mass is 9.94. The Bertz CT molecular complexity index is 312. The fourth-order valence-corrected chi connectivity index (χ4v) is 2.54. The number of nitrogens with one attached hydrogen (secondary N) is 1. The number of ether oxygens (including phenoxy) is 1. The Labute approximate surface area is 91.6 Å². The first-order valence-corrected chi connectivity index (χ1v) is 5.52. The van der Waals surface area contributed by atoms with Crippen LogP contribution in [0.4, 0.5) is 0 Å². The van der Waals surface area contributed by atoms with Crippen LogP contribution in [0.25, 0.3) is 0 Å². The second kappa shape index (κ2) is 4.33. The van der Waals surface area contributed by atoms with Gasteiger partial charge in [0.05, 0.1) is 6.61 Å². The fourth-order valence-electron chi connectivity index (χ4n) is 2.54. The van der Waals surface area contributed by atoms with E-state index in [1.807, 2.05) is 7.05 Å². The first-order chi connectivity index (χ1) is 7.33. The van der Waals surface area contributed by atoms with Gasteiger partial charge in [-0.2, -0.15) is 0 Å². The van der Waals surface area contributed by atoms with Crippen LogP contribution < -0.4 is 5.32 Å². The lowest BCUT2D eigenvalue weighted by Gasteiger charge is -2.17.